The van der Waals surface area contributed by atoms with Crippen molar-refractivity contribution in [2.24, 2.45) is 11.7 Å². The van der Waals surface area contributed by atoms with Crippen molar-refractivity contribution in [1.29, 1.82) is 0 Å². The number of carbonyl (C=O) groups excluding carboxylic acids is 3. The standard InChI is InChI=1S/C18H30N4O10/c1-3-8(2)14(22-15(28)9(19)4-5-12(24)25)17(30)21-11(7-23)16(29)20-10(18(31)32)6-13(26)27/h8-11,14,23H,3-7,19H2,1-2H3,(H,20,29)(H,21,30)(H,22,28)(H,24,25)(H,26,27)(H,31,32). The second kappa shape index (κ2) is 13.9. The molecule has 0 saturated heterocycles. The summed E-state index contributed by atoms with van der Waals surface area (Å²) in [7, 11) is 0. The van der Waals surface area contributed by atoms with Gasteiger partial charge in [0.1, 0.15) is 18.1 Å². The van der Waals surface area contributed by atoms with Crippen LogP contribution in [0.2, 0.25) is 0 Å². The van der Waals surface area contributed by atoms with Crippen LogP contribution in [-0.2, 0) is 28.8 Å². The minimum absolute atomic E-state index is 0.169. The van der Waals surface area contributed by atoms with E-state index in [1.54, 1.807) is 13.8 Å². The van der Waals surface area contributed by atoms with Crippen molar-refractivity contribution in [2.45, 2.75) is 63.7 Å². The number of hydrogen-bond acceptors (Lipinski definition) is 8. The normalized spacial score (nSPS) is 15.4. The van der Waals surface area contributed by atoms with Gasteiger partial charge in [-0.15, -0.1) is 0 Å². The Morgan fingerprint density at radius 3 is 1.84 bits per heavy atom. The van der Waals surface area contributed by atoms with E-state index in [2.05, 4.69) is 10.6 Å². The van der Waals surface area contributed by atoms with Gasteiger partial charge < -0.3 is 42.1 Å². The first-order valence-electron chi connectivity index (χ1n) is 9.77. The van der Waals surface area contributed by atoms with E-state index in [0.717, 1.165) is 0 Å². The Hall–Kier alpha value is -3.26. The maximum absolute atomic E-state index is 12.7. The molecule has 0 heterocycles. The number of rotatable bonds is 15. The monoisotopic (exact) mass is 462 g/mol. The summed E-state index contributed by atoms with van der Waals surface area (Å²) in [5.41, 5.74) is 5.64. The molecule has 0 aliphatic rings. The Balaban J connectivity index is 5.29. The predicted octanol–water partition coefficient (Wildman–Crippen LogP) is -2.77. The zero-order valence-corrected chi connectivity index (χ0v) is 17.7. The molecule has 32 heavy (non-hydrogen) atoms. The van der Waals surface area contributed by atoms with E-state index in [4.69, 9.17) is 21.1 Å². The van der Waals surface area contributed by atoms with Crippen LogP contribution in [0.25, 0.3) is 0 Å². The van der Waals surface area contributed by atoms with Gasteiger partial charge in [-0.1, -0.05) is 20.3 Å². The quantitative estimate of drug-likeness (QED) is 0.124. The number of carbonyl (C=O) groups is 6. The van der Waals surface area contributed by atoms with Crippen molar-refractivity contribution in [2.75, 3.05) is 6.61 Å². The molecule has 9 N–H and O–H groups in total. The van der Waals surface area contributed by atoms with E-state index < -0.39 is 78.7 Å². The Morgan fingerprint density at radius 1 is 0.844 bits per heavy atom. The first kappa shape index (κ1) is 28.7. The largest absolute Gasteiger partial charge is 0.481 e. The van der Waals surface area contributed by atoms with Crippen LogP contribution >= 0.6 is 0 Å². The first-order chi connectivity index (χ1) is 14.8. The maximum atomic E-state index is 12.7. The van der Waals surface area contributed by atoms with Gasteiger partial charge >= 0.3 is 17.9 Å². The molecule has 182 valence electrons. The molecular weight excluding hydrogens is 432 g/mol. The summed E-state index contributed by atoms with van der Waals surface area (Å²) in [6.45, 7) is 2.41. The fourth-order valence-electron chi connectivity index (χ4n) is 2.47. The summed E-state index contributed by atoms with van der Waals surface area (Å²) in [4.78, 5) is 69.6. The van der Waals surface area contributed by atoms with Crippen LogP contribution in [0.3, 0.4) is 0 Å². The number of nitrogens with one attached hydrogen (secondary N) is 3. The molecule has 0 aliphatic carbocycles. The summed E-state index contributed by atoms with van der Waals surface area (Å²) in [6, 6.07) is -5.81. The van der Waals surface area contributed by atoms with E-state index >= 15 is 0 Å². The van der Waals surface area contributed by atoms with Crippen molar-refractivity contribution in [3.63, 3.8) is 0 Å². The van der Waals surface area contributed by atoms with E-state index in [1.165, 1.54) is 0 Å². The molecule has 0 aromatic heterocycles. The lowest BCUT2D eigenvalue weighted by Crippen LogP contribution is -2.59. The molecule has 0 rings (SSSR count). The Labute approximate surface area is 183 Å². The minimum Gasteiger partial charge on any atom is -0.481 e. The third kappa shape index (κ3) is 10.2. The second-order valence-electron chi connectivity index (χ2n) is 7.15. The van der Waals surface area contributed by atoms with Crippen molar-refractivity contribution < 1.29 is 49.2 Å². The number of aliphatic carboxylic acids is 3. The smallest absolute Gasteiger partial charge is 0.326 e. The van der Waals surface area contributed by atoms with Gasteiger partial charge in [-0.3, -0.25) is 24.0 Å². The zero-order valence-electron chi connectivity index (χ0n) is 17.7. The molecular formula is C18H30N4O10. The van der Waals surface area contributed by atoms with Crippen molar-refractivity contribution in [3.05, 3.63) is 0 Å². The Bertz CT molecular complexity index is 714. The average Bonchev–Trinajstić information content (AvgIpc) is 2.71. The van der Waals surface area contributed by atoms with Crippen LogP contribution < -0.4 is 21.7 Å². The van der Waals surface area contributed by atoms with Gasteiger partial charge in [-0.25, -0.2) is 4.79 Å². The molecule has 0 bridgehead atoms. The minimum atomic E-state index is -1.79. The topological polar surface area (TPSA) is 245 Å². The van der Waals surface area contributed by atoms with E-state index in [0.29, 0.717) is 6.42 Å². The van der Waals surface area contributed by atoms with Crippen LogP contribution in [0.15, 0.2) is 0 Å². The second-order valence-corrected chi connectivity index (χ2v) is 7.15. The van der Waals surface area contributed by atoms with Gasteiger partial charge in [-0.2, -0.15) is 0 Å². The molecule has 0 aromatic carbocycles. The molecule has 14 heteroatoms. The molecule has 0 saturated carbocycles. The van der Waals surface area contributed by atoms with Crippen LogP contribution in [0.1, 0.15) is 39.5 Å². The Morgan fingerprint density at radius 2 is 1.41 bits per heavy atom. The fraction of sp³-hybridized carbons (Fsp3) is 0.667. The number of nitrogens with two attached hydrogens (primary N) is 1. The van der Waals surface area contributed by atoms with Gasteiger partial charge in [-0.05, 0) is 12.3 Å². The molecule has 5 atom stereocenters. The van der Waals surface area contributed by atoms with E-state index in [-0.39, 0.29) is 12.8 Å². The lowest BCUT2D eigenvalue weighted by atomic mass is 9.97. The number of amides is 3. The average molecular weight is 462 g/mol. The molecule has 0 spiro atoms. The van der Waals surface area contributed by atoms with Crippen molar-refractivity contribution in [1.82, 2.24) is 16.0 Å². The van der Waals surface area contributed by atoms with Gasteiger partial charge in [0.05, 0.1) is 19.1 Å². The van der Waals surface area contributed by atoms with E-state index in [1.807, 2.05) is 5.32 Å². The van der Waals surface area contributed by atoms with Crippen LogP contribution in [0, 0.1) is 5.92 Å². The number of carboxylic acids is 3. The predicted molar refractivity (Wildman–Crippen MR) is 107 cm³/mol. The third-order valence-electron chi connectivity index (χ3n) is 4.61. The van der Waals surface area contributed by atoms with Crippen molar-refractivity contribution in [3.8, 4) is 0 Å². The molecule has 0 radical (unpaired) electrons. The van der Waals surface area contributed by atoms with Crippen LogP contribution in [0.5, 0.6) is 0 Å². The first-order valence-corrected chi connectivity index (χ1v) is 9.77. The number of carboxylic acid groups (broad SMARTS) is 3. The fourth-order valence-corrected chi connectivity index (χ4v) is 2.47. The zero-order chi connectivity index (χ0) is 25.0. The molecule has 3 amide bonds. The van der Waals surface area contributed by atoms with Crippen LogP contribution in [-0.4, -0.2) is 86.8 Å². The molecule has 0 aliphatic heterocycles. The molecule has 0 aromatic rings. The summed E-state index contributed by atoms with van der Waals surface area (Å²) >= 11 is 0. The van der Waals surface area contributed by atoms with Gasteiger partial charge in [0.15, 0.2) is 0 Å². The summed E-state index contributed by atoms with van der Waals surface area (Å²) in [5, 5.41) is 42.4. The maximum Gasteiger partial charge on any atom is 0.326 e. The summed E-state index contributed by atoms with van der Waals surface area (Å²) in [5.74, 6) is -7.51. The van der Waals surface area contributed by atoms with Crippen molar-refractivity contribution >= 4 is 35.6 Å². The highest BCUT2D eigenvalue weighted by Gasteiger charge is 2.32. The highest BCUT2D eigenvalue weighted by Crippen LogP contribution is 2.09. The lowest BCUT2D eigenvalue weighted by molar-refractivity contribution is -0.147. The molecule has 0 fully saturated rings. The number of hydrogen-bond donors (Lipinski definition) is 8. The van der Waals surface area contributed by atoms with Gasteiger partial charge in [0.25, 0.3) is 0 Å². The highest BCUT2D eigenvalue weighted by molar-refractivity contribution is 5.94. The number of aliphatic hydroxyl groups is 1. The van der Waals surface area contributed by atoms with Crippen LogP contribution in [0.4, 0.5) is 0 Å². The highest BCUT2D eigenvalue weighted by atomic mass is 16.4. The third-order valence-corrected chi connectivity index (χ3v) is 4.61. The Kier molecular flexibility index (Phi) is 12.5. The SMILES string of the molecule is CCC(C)C(NC(=O)C(N)CCC(=O)O)C(=O)NC(CO)C(=O)NC(CC(=O)O)C(=O)O. The molecule has 5 unspecified atom stereocenters. The summed E-state index contributed by atoms with van der Waals surface area (Å²) < 4.78 is 0. The molecule has 14 nitrogen and oxygen atoms in total. The van der Waals surface area contributed by atoms with E-state index in [9.17, 15) is 33.9 Å². The van der Waals surface area contributed by atoms with Gasteiger partial charge in [0, 0.05) is 6.42 Å². The lowest BCUT2D eigenvalue weighted by Gasteiger charge is -2.27. The number of aliphatic hydroxyl groups excluding tert-OH is 1. The summed E-state index contributed by atoms with van der Waals surface area (Å²) in [6.07, 6.45) is -1.04. The van der Waals surface area contributed by atoms with Gasteiger partial charge in [0.2, 0.25) is 17.7 Å².